The number of ether oxygens (including phenoxy) is 3. The van der Waals surface area contributed by atoms with Crippen LogP contribution < -0.4 is 9.47 Å². The lowest BCUT2D eigenvalue weighted by Gasteiger charge is -2.22. The predicted octanol–water partition coefficient (Wildman–Crippen LogP) is 2.15. The van der Waals surface area contributed by atoms with Gasteiger partial charge in [0, 0.05) is 12.6 Å². The van der Waals surface area contributed by atoms with Crippen molar-refractivity contribution in [1.82, 2.24) is 4.90 Å². The Kier molecular flexibility index (Phi) is 7.20. The molecule has 0 fully saturated rings. The van der Waals surface area contributed by atoms with Crippen LogP contribution in [0.3, 0.4) is 0 Å². The molecule has 0 spiro atoms. The van der Waals surface area contributed by atoms with Crippen molar-refractivity contribution in [2.75, 3.05) is 27.4 Å². The summed E-state index contributed by atoms with van der Waals surface area (Å²) >= 11 is 0. The molecule has 0 aliphatic heterocycles. The van der Waals surface area contributed by atoms with Gasteiger partial charge >= 0.3 is 5.97 Å². The molecule has 0 saturated heterocycles. The molecule has 1 amide bonds. The summed E-state index contributed by atoms with van der Waals surface area (Å²) in [5.41, 5.74) is 1.30. The van der Waals surface area contributed by atoms with E-state index in [0.29, 0.717) is 17.1 Å². The van der Waals surface area contributed by atoms with E-state index in [-0.39, 0.29) is 25.6 Å². The fourth-order valence-corrected chi connectivity index (χ4v) is 2.34. The van der Waals surface area contributed by atoms with Gasteiger partial charge in [-0.05, 0) is 17.7 Å². The number of benzene rings is 2. The molecule has 7 nitrogen and oxygen atoms in total. The standard InChI is InChI=1S/C20H20N2O5/c1-25-18-10-16(11-21)8-9-17(18)27-14-19(23)22(13-20(24)26-2)12-15-6-4-3-5-7-15/h3-10H,12-14H2,1-2H3. The maximum atomic E-state index is 12.6. The van der Waals surface area contributed by atoms with Crippen LogP contribution in [0.25, 0.3) is 0 Å². The first kappa shape index (κ1) is 19.8. The first-order valence-electron chi connectivity index (χ1n) is 8.16. The topological polar surface area (TPSA) is 88.9 Å². The molecule has 0 radical (unpaired) electrons. The molecule has 0 bridgehead atoms. The van der Waals surface area contributed by atoms with Gasteiger partial charge in [-0.2, -0.15) is 5.26 Å². The molecule has 2 rings (SSSR count). The van der Waals surface area contributed by atoms with Crippen LogP contribution in [-0.4, -0.2) is 44.1 Å². The van der Waals surface area contributed by atoms with Crippen LogP contribution in [0.2, 0.25) is 0 Å². The molecule has 0 aliphatic rings. The minimum Gasteiger partial charge on any atom is -0.493 e. The Hall–Kier alpha value is -3.53. The highest BCUT2D eigenvalue weighted by atomic mass is 16.5. The van der Waals surface area contributed by atoms with Gasteiger partial charge in [0.2, 0.25) is 0 Å². The minimum absolute atomic E-state index is 0.182. The molecule has 0 aliphatic carbocycles. The van der Waals surface area contributed by atoms with Gasteiger partial charge in [0.25, 0.3) is 5.91 Å². The van der Waals surface area contributed by atoms with E-state index in [1.54, 1.807) is 12.1 Å². The van der Waals surface area contributed by atoms with E-state index in [1.165, 1.54) is 25.2 Å². The predicted molar refractivity (Wildman–Crippen MR) is 97.1 cm³/mol. The smallest absolute Gasteiger partial charge is 0.325 e. The third kappa shape index (κ3) is 5.75. The van der Waals surface area contributed by atoms with Crippen molar-refractivity contribution in [3.05, 3.63) is 59.7 Å². The summed E-state index contributed by atoms with van der Waals surface area (Å²) in [7, 11) is 2.72. The molecule has 0 atom stereocenters. The van der Waals surface area contributed by atoms with Gasteiger partial charge in [0.1, 0.15) is 6.54 Å². The van der Waals surface area contributed by atoms with Crippen molar-refractivity contribution in [3.63, 3.8) is 0 Å². The molecule has 27 heavy (non-hydrogen) atoms. The Labute approximate surface area is 157 Å². The molecular weight excluding hydrogens is 348 g/mol. The first-order chi connectivity index (χ1) is 13.1. The van der Waals surface area contributed by atoms with E-state index in [1.807, 2.05) is 36.4 Å². The van der Waals surface area contributed by atoms with Gasteiger partial charge in [-0.1, -0.05) is 30.3 Å². The number of nitrogens with zero attached hydrogens (tertiary/aromatic N) is 2. The summed E-state index contributed by atoms with van der Waals surface area (Å²) in [6.45, 7) is -0.215. The Bertz CT molecular complexity index is 830. The van der Waals surface area contributed by atoms with E-state index in [9.17, 15) is 9.59 Å². The second-order valence-electron chi connectivity index (χ2n) is 5.58. The Morgan fingerprint density at radius 2 is 1.81 bits per heavy atom. The summed E-state index contributed by atoms with van der Waals surface area (Å²) in [5, 5.41) is 8.94. The van der Waals surface area contributed by atoms with Crippen LogP contribution in [-0.2, 0) is 20.9 Å². The zero-order chi connectivity index (χ0) is 19.6. The molecule has 0 aromatic heterocycles. The second kappa shape index (κ2) is 9.82. The average molecular weight is 368 g/mol. The Morgan fingerprint density at radius 1 is 1.07 bits per heavy atom. The molecule has 2 aromatic rings. The fraction of sp³-hybridized carbons (Fsp3) is 0.250. The number of hydrogen-bond acceptors (Lipinski definition) is 6. The van der Waals surface area contributed by atoms with Gasteiger partial charge in [0.05, 0.1) is 25.9 Å². The van der Waals surface area contributed by atoms with Gasteiger partial charge in [0.15, 0.2) is 18.1 Å². The van der Waals surface area contributed by atoms with Crippen molar-refractivity contribution in [3.8, 4) is 17.6 Å². The zero-order valence-corrected chi connectivity index (χ0v) is 15.2. The van der Waals surface area contributed by atoms with Crippen molar-refractivity contribution in [2.24, 2.45) is 0 Å². The number of esters is 1. The zero-order valence-electron chi connectivity index (χ0n) is 15.2. The normalized spacial score (nSPS) is 9.81. The van der Waals surface area contributed by atoms with Crippen LogP contribution in [0.15, 0.2) is 48.5 Å². The van der Waals surface area contributed by atoms with Crippen LogP contribution in [0.5, 0.6) is 11.5 Å². The van der Waals surface area contributed by atoms with E-state index in [2.05, 4.69) is 4.74 Å². The maximum absolute atomic E-state index is 12.6. The van der Waals surface area contributed by atoms with Crippen LogP contribution >= 0.6 is 0 Å². The van der Waals surface area contributed by atoms with E-state index < -0.39 is 5.97 Å². The quantitative estimate of drug-likeness (QED) is 0.664. The minimum atomic E-state index is -0.518. The highest BCUT2D eigenvalue weighted by molar-refractivity contribution is 5.83. The maximum Gasteiger partial charge on any atom is 0.325 e. The number of carbonyl (C=O) groups excluding carboxylic acids is 2. The average Bonchev–Trinajstić information content (AvgIpc) is 2.71. The highest BCUT2D eigenvalue weighted by Gasteiger charge is 2.19. The van der Waals surface area contributed by atoms with Crippen molar-refractivity contribution < 1.29 is 23.8 Å². The van der Waals surface area contributed by atoms with Crippen molar-refractivity contribution in [1.29, 1.82) is 5.26 Å². The number of rotatable bonds is 8. The van der Waals surface area contributed by atoms with E-state index >= 15 is 0 Å². The second-order valence-corrected chi connectivity index (χ2v) is 5.58. The molecule has 0 N–H and O–H groups in total. The molecule has 140 valence electrons. The largest absolute Gasteiger partial charge is 0.493 e. The monoisotopic (exact) mass is 368 g/mol. The molecule has 0 saturated carbocycles. The van der Waals surface area contributed by atoms with Gasteiger partial charge in [-0.25, -0.2) is 0 Å². The summed E-state index contributed by atoms with van der Waals surface area (Å²) in [5.74, 6) is -0.210. The molecular formula is C20H20N2O5. The fourth-order valence-electron chi connectivity index (χ4n) is 2.34. The van der Waals surface area contributed by atoms with Gasteiger partial charge < -0.3 is 19.1 Å². The van der Waals surface area contributed by atoms with Gasteiger partial charge in [-0.3, -0.25) is 9.59 Å². The Balaban J connectivity index is 2.09. The molecule has 0 heterocycles. The number of nitriles is 1. The van der Waals surface area contributed by atoms with Gasteiger partial charge in [-0.15, -0.1) is 0 Å². The van der Waals surface area contributed by atoms with Crippen molar-refractivity contribution >= 4 is 11.9 Å². The van der Waals surface area contributed by atoms with Crippen molar-refractivity contribution in [2.45, 2.75) is 6.54 Å². The number of methoxy groups -OCH3 is 2. The summed E-state index contributed by atoms with van der Waals surface area (Å²) in [4.78, 5) is 25.6. The summed E-state index contributed by atoms with van der Waals surface area (Å²) in [6.07, 6.45) is 0. The third-order valence-electron chi connectivity index (χ3n) is 3.76. The van der Waals surface area contributed by atoms with E-state index in [4.69, 9.17) is 14.7 Å². The Morgan fingerprint density at radius 3 is 2.44 bits per heavy atom. The molecule has 2 aromatic carbocycles. The van der Waals surface area contributed by atoms with Crippen LogP contribution in [0.1, 0.15) is 11.1 Å². The molecule has 7 heteroatoms. The molecule has 0 unspecified atom stereocenters. The number of carbonyl (C=O) groups is 2. The SMILES string of the molecule is COC(=O)CN(Cc1ccccc1)C(=O)COc1ccc(C#N)cc1OC. The lowest BCUT2D eigenvalue weighted by Crippen LogP contribution is -2.38. The lowest BCUT2D eigenvalue weighted by atomic mass is 10.2. The van der Waals surface area contributed by atoms with Crippen LogP contribution in [0, 0.1) is 11.3 Å². The highest BCUT2D eigenvalue weighted by Crippen LogP contribution is 2.27. The lowest BCUT2D eigenvalue weighted by molar-refractivity contribution is -0.148. The first-order valence-corrected chi connectivity index (χ1v) is 8.16. The van der Waals surface area contributed by atoms with E-state index in [0.717, 1.165) is 5.56 Å². The number of amides is 1. The van der Waals surface area contributed by atoms with Crippen LogP contribution in [0.4, 0.5) is 0 Å². The summed E-state index contributed by atoms with van der Waals surface area (Å²) < 4.78 is 15.4. The third-order valence-corrected chi connectivity index (χ3v) is 3.76. The summed E-state index contributed by atoms with van der Waals surface area (Å²) in [6, 6.07) is 16.0. The number of hydrogen-bond donors (Lipinski definition) is 0.